The molecule has 2 aromatic carbocycles. The number of piperidine rings is 2. The van der Waals surface area contributed by atoms with Crippen LogP contribution in [-0.2, 0) is 4.79 Å². The Morgan fingerprint density at radius 3 is 2.52 bits per heavy atom. The molecule has 0 N–H and O–H groups in total. The van der Waals surface area contributed by atoms with Crippen LogP contribution in [-0.4, -0.2) is 71.8 Å². The maximum Gasteiger partial charge on any atom is 0.253 e. The van der Waals surface area contributed by atoms with Gasteiger partial charge in [0.15, 0.2) is 0 Å². The minimum atomic E-state index is -0.271. The summed E-state index contributed by atoms with van der Waals surface area (Å²) in [7, 11) is 0. The smallest absolute Gasteiger partial charge is 0.253 e. The Labute approximate surface area is 196 Å². The molecule has 2 aliphatic heterocycles. The second-order valence-corrected chi connectivity index (χ2v) is 9.11. The normalized spacial score (nSPS) is 20.8. The summed E-state index contributed by atoms with van der Waals surface area (Å²) in [5, 5.41) is 0. The topological polar surface area (TPSA) is 43.9 Å². The largest absolute Gasteiger partial charge is 0.338 e. The molecule has 2 fully saturated rings. The molecular weight excluding hydrogens is 417 g/mol. The summed E-state index contributed by atoms with van der Waals surface area (Å²) in [4.78, 5) is 32.2. The third kappa shape index (κ3) is 5.27. The van der Waals surface area contributed by atoms with Gasteiger partial charge in [0.2, 0.25) is 5.91 Å². The molecule has 2 saturated heterocycles. The summed E-state index contributed by atoms with van der Waals surface area (Å²) in [6, 6.07) is 14.1. The van der Waals surface area contributed by atoms with Gasteiger partial charge in [0.05, 0.1) is 0 Å². The molecule has 0 unspecified atom stereocenters. The highest BCUT2D eigenvalue weighted by Gasteiger charge is 2.40. The zero-order valence-electron chi connectivity index (χ0n) is 19.7. The molecule has 6 heteroatoms. The van der Waals surface area contributed by atoms with E-state index in [9.17, 15) is 14.0 Å². The minimum Gasteiger partial charge on any atom is -0.338 e. The van der Waals surface area contributed by atoms with Crippen molar-refractivity contribution in [2.24, 2.45) is 5.92 Å². The number of hydrogen-bond donors (Lipinski definition) is 0. The van der Waals surface area contributed by atoms with Gasteiger partial charge in [-0.05, 0) is 67.2 Å². The number of fused-ring (bicyclic) bond motifs is 1. The van der Waals surface area contributed by atoms with E-state index in [2.05, 4.69) is 23.6 Å². The molecule has 2 aromatic rings. The Kier molecular flexibility index (Phi) is 7.43. The lowest BCUT2D eigenvalue weighted by molar-refractivity contribution is -0.140. The molecule has 0 aliphatic carbocycles. The first-order valence-corrected chi connectivity index (χ1v) is 12.2. The average Bonchev–Trinajstić information content (AvgIpc) is 2.85. The van der Waals surface area contributed by atoms with E-state index in [4.69, 9.17) is 0 Å². The predicted molar refractivity (Wildman–Crippen MR) is 128 cm³/mol. The highest BCUT2D eigenvalue weighted by atomic mass is 19.1. The van der Waals surface area contributed by atoms with Gasteiger partial charge in [-0.1, -0.05) is 38.1 Å². The van der Waals surface area contributed by atoms with Crippen LogP contribution in [0.5, 0.6) is 0 Å². The van der Waals surface area contributed by atoms with Gasteiger partial charge in [-0.3, -0.25) is 9.59 Å². The Morgan fingerprint density at radius 2 is 1.82 bits per heavy atom. The number of carbonyl (C=O) groups is 2. The molecule has 2 atom stereocenters. The Balaban J connectivity index is 1.40. The number of halogens is 1. The van der Waals surface area contributed by atoms with Gasteiger partial charge < -0.3 is 14.7 Å². The number of carbonyl (C=O) groups excluding carboxylic acids is 2. The number of nitrogens with zero attached hydrogens (tertiary/aromatic N) is 3. The number of likely N-dealkylation sites (N-methyl/N-ethyl adjacent to an activating group) is 1. The van der Waals surface area contributed by atoms with Crippen molar-refractivity contribution in [2.75, 3.05) is 39.3 Å². The highest BCUT2D eigenvalue weighted by Crippen LogP contribution is 2.32. The molecule has 176 valence electrons. The van der Waals surface area contributed by atoms with E-state index in [1.807, 2.05) is 35.2 Å². The number of likely N-dealkylation sites (tertiary alicyclic amines) is 2. The number of benzene rings is 2. The van der Waals surface area contributed by atoms with Crippen molar-refractivity contribution in [1.82, 2.24) is 14.7 Å². The Bertz CT molecular complexity index is 974. The van der Waals surface area contributed by atoms with Gasteiger partial charge >= 0.3 is 0 Å². The number of amides is 2. The van der Waals surface area contributed by atoms with E-state index in [-0.39, 0.29) is 23.7 Å². The third-order valence-electron chi connectivity index (χ3n) is 7.27. The molecule has 0 radical (unpaired) electrons. The van der Waals surface area contributed by atoms with Crippen LogP contribution < -0.4 is 0 Å². The van der Waals surface area contributed by atoms with Crippen molar-refractivity contribution >= 4 is 11.8 Å². The fourth-order valence-corrected chi connectivity index (χ4v) is 5.27. The summed E-state index contributed by atoms with van der Waals surface area (Å²) in [5.74, 6) is 0.359. The molecule has 33 heavy (non-hydrogen) atoms. The van der Waals surface area contributed by atoms with Gasteiger partial charge in [-0.2, -0.15) is 0 Å². The third-order valence-corrected chi connectivity index (χ3v) is 7.27. The Hall–Kier alpha value is -2.73. The lowest BCUT2D eigenvalue weighted by Crippen LogP contribution is -2.58. The van der Waals surface area contributed by atoms with Crippen LogP contribution in [0.4, 0.5) is 4.39 Å². The van der Waals surface area contributed by atoms with E-state index < -0.39 is 0 Å². The van der Waals surface area contributed by atoms with E-state index in [1.54, 1.807) is 6.07 Å². The summed E-state index contributed by atoms with van der Waals surface area (Å²) in [6.45, 7) is 9.34. The molecule has 4 rings (SSSR count). The average molecular weight is 452 g/mol. The first-order valence-electron chi connectivity index (χ1n) is 12.2. The second kappa shape index (κ2) is 10.5. The fourth-order valence-electron chi connectivity index (χ4n) is 5.27. The van der Waals surface area contributed by atoms with Crippen molar-refractivity contribution < 1.29 is 14.0 Å². The van der Waals surface area contributed by atoms with E-state index in [0.717, 1.165) is 50.1 Å². The molecule has 0 spiro atoms. The molecule has 2 heterocycles. The maximum absolute atomic E-state index is 13.5. The summed E-state index contributed by atoms with van der Waals surface area (Å²) < 4.78 is 13.5. The van der Waals surface area contributed by atoms with Crippen molar-refractivity contribution in [3.05, 3.63) is 59.9 Å². The van der Waals surface area contributed by atoms with Gasteiger partial charge in [0, 0.05) is 44.2 Å². The van der Waals surface area contributed by atoms with Crippen molar-refractivity contribution in [3.63, 3.8) is 0 Å². The molecule has 2 amide bonds. The molecule has 0 aromatic heterocycles. The zero-order valence-corrected chi connectivity index (χ0v) is 19.7. The minimum absolute atomic E-state index is 0.0332. The van der Waals surface area contributed by atoms with Crippen LogP contribution in [0.25, 0.3) is 11.1 Å². The Morgan fingerprint density at radius 1 is 1.06 bits per heavy atom. The van der Waals surface area contributed by atoms with Crippen LogP contribution in [0, 0.1) is 11.7 Å². The van der Waals surface area contributed by atoms with Crippen LogP contribution in [0.2, 0.25) is 0 Å². The number of rotatable bonds is 7. The lowest BCUT2D eigenvalue weighted by atomic mass is 9.83. The van der Waals surface area contributed by atoms with Crippen LogP contribution in [0.3, 0.4) is 0 Å². The molecule has 5 nitrogen and oxygen atoms in total. The standard InChI is InChI=1S/C27H34FN3O2/c1-3-29(4-2)16-17-31-25-14-15-30(19-23(25)12-13-26(31)32)27(33)21-10-8-20(9-11-21)22-6-5-7-24(28)18-22/h5-11,18,23,25H,3-4,12-17,19H2,1-2H3/t23-,25+/m0/s1. The van der Waals surface area contributed by atoms with E-state index in [1.165, 1.54) is 12.1 Å². The summed E-state index contributed by atoms with van der Waals surface area (Å²) in [5.41, 5.74) is 2.34. The van der Waals surface area contributed by atoms with Crippen molar-refractivity contribution in [2.45, 2.75) is 39.2 Å². The fraction of sp³-hybridized carbons (Fsp3) is 0.481. The second-order valence-electron chi connectivity index (χ2n) is 9.11. The van der Waals surface area contributed by atoms with Gasteiger partial charge in [-0.15, -0.1) is 0 Å². The van der Waals surface area contributed by atoms with Crippen LogP contribution in [0.15, 0.2) is 48.5 Å². The maximum atomic E-state index is 13.5. The first-order chi connectivity index (χ1) is 16.0. The van der Waals surface area contributed by atoms with E-state index in [0.29, 0.717) is 31.0 Å². The summed E-state index contributed by atoms with van der Waals surface area (Å²) in [6.07, 6.45) is 2.26. The number of hydrogen-bond acceptors (Lipinski definition) is 3. The molecule has 0 saturated carbocycles. The monoisotopic (exact) mass is 451 g/mol. The van der Waals surface area contributed by atoms with Gasteiger partial charge in [0.25, 0.3) is 5.91 Å². The SMILES string of the molecule is CCN(CC)CCN1C(=O)CC[C@H]2CN(C(=O)c3ccc(-c4cccc(F)c4)cc3)CC[C@H]21. The molecule has 2 aliphatic rings. The zero-order chi connectivity index (χ0) is 23.4. The van der Waals surface area contributed by atoms with Gasteiger partial charge in [-0.25, -0.2) is 4.39 Å². The van der Waals surface area contributed by atoms with Crippen LogP contribution >= 0.6 is 0 Å². The highest BCUT2D eigenvalue weighted by molar-refractivity contribution is 5.95. The van der Waals surface area contributed by atoms with Crippen LogP contribution in [0.1, 0.15) is 43.5 Å². The predicted octanol–water partition coefficient (Wildman–Crippen LogP) is 4.29. The first kappa shape index (κ1) is 23.4. The van der Waals surface area contributed by atoms with Crippen molar-refractivity contribution in [3.8, 4) is 11.1 Å². The lowest BCUT2D eigenvalue weighted by Gasteiger charge is -2.47. The van der Waals surface area contributed by atoms with E-state index >= 15 is 0 Å². The quantitative estimate of drug-likeness (QED) is 0.631. The molecular formula is C27H34FN3O2. The summed E-state index contributed by atoms with van der Waals surface area (Å²) >= 11 is 0. The van der Waals surface area contributed by atoms with Crippen molar-refractivity contribution in [1.29, 1.82) is 0 Å². The van der Waals surface area contributed by atoms with Gasteiger partial charge in [0.1, 0.15) is 5.82 Å². The molecule has 0 bridgehead atoms.